The molecule has 1 saturated carbocycles. The predicted molar refractivity (Wildman–Crippen MR) is 79.3 cm³/mol. The highest BCUT2D eigenvalue weighted by Gasteiger charge is 2.20. The fourth-order valence-electron chi connectivity index (χ4n) is 2.19. The van der Waals surface area contributed by atoms with E-state index < -0.39 is 0 Å². The molecule has 0 saturated heterocycles. The molecule has 0 atom stereocenters. The summed E-state index contributed by atoms with van der Waals surface area (Å²) in [4.78, 5) is 4.21. The number of pyridine rings is 1. The highest BCUT2D eigenvalue weighted by atomic mass is 35.5. The molecule has 1 aromatic carbocycles. The fourth-order valence-corrected chi connectivity index (χ4v) is 2.37. The lowest BCUT2D eigenvalue weighted by atomic mass is 10.0. The highest BCUT2D eigenvalue weighted by Crippen LogP contribution is 2.28. The van der Waals surface area contributed by atoms with E-state index >= 15 is 0 Å². The van der Waals surface area contributed by atoms with Gasteiger partial charge >= 0.3 is 0 Å². The third-order valence-electron chi connectivity index (χ3n) is 3.55. The molecule has 1 fully saturated rings. The molecule has 0 aliphatic heterocycles. The minimum atomic E-state index is 0.694. The second kappa shape index (κ2) is 5.32. The second-order valence-corrected chi connectivity index (χ2v) is 5.56. The van der Waals surface area contributed by atoms with Gasteiger partial charge in [-0.3, -0.25) is 4.98 Å². The Hall–Kier alpha value is -1.38. The fraction of sp³-hybridized carbons (Fsp3) is 0.312. The van der Waals surface area contributed by atoms with Gasteiger partial charge in [0.2, 0.25) is 0 Å². The average Bonchev–Trinajstić information content (AvgIpc) is 3.23. The molecule has 0 spiro atoms. The van der Waals surface area contributed by atoms with Gasteiger partial charge in [-0.1, -0.05) is 17.7 Å². The summed E-state index contributed by atoms with van der Waals surface area (Å²) in [5.41, 5.74) is 4.75. The lowest BCUT2D eigenvalue weighted by molar-refractivity contribution is 0.688. The minimum absolute atomic E-state index is 0.694. The third-order valence-corrected chi connectivity index (χ3v) is 3.92. The van der Waals surface area contributed by atoms with Crippen LogP contribution in [0.15, 0.2) is 36.7 Å². The van der Waals surface area contributed by atoms with Crippen LogP contribution in [0.3, 0.4) is 0 Å². The Morgan fingerprint density at radius 1 is 1.32 bits per heavy atom. The average molecular weight is 273 g/mol. The van der Waals surface area contributed by atoms with Crippen LogP contribution in [0.2, 0.25) is 5.02 Å². The number of rotatable bonds is 4. The van der Waals surface area contributed by atoms with E-state index in [0.717, 1.165) is 17.1 Å². The Kier molecular flexibility index (Phi) is 3.54. The van der Waals surface area contributed by atoms with Gasteiger partial charge in [-0.25, -0.2) is 0 Å². The molecule has 0 amide bonds. The summed E-state index contributed by atoms with van der Waals surface area (Å²) in [6, 6.07) is 8.94. The zero-order valence-electron chi connectivity index (χ0n) is 11.0. The van der Waals surface area contributed by atoms with Crippen molar-refractivity contribution < 1.29 is 0 Å². The van der Waals surface area contributed by atoms with E-state index in [0.29, 0.717) is 6.04 Å². The second-order valence-electron chi connectivity index (χ2n) is 5.15. The maximum Gasteiger partial charge on any atom is 0.0451 e. The molecule has 3 rings (SSSR count). The van der Waals surface area contributed by atoms with Crippen LogP contribution in [0.4, 0.5) is 0 Å². The molecule has 1 heterocycles. The van der Waals surface area contributed by atoms with Gasteiger partial charge in [0.15, 0.2) is 0 Å². The van der Waals surface area contributed by atoms with Crippen molar-refractivity contribution in [3.05, 3.63) is 52.8 Å². The zero-order valence-corrected chi connectivity index (χ0v) is 11.7. The smallest absolute Gasteiger partial charge is 0.0451 e. The first-order valence-electron chi connectivity index (χ1n) is 6.67. The first-order valence-corrected chi connectivity index (χ1v) is 7.04. The predicted octanol–water partition coefficient (Wildman–Crippen LogP) is 3.96. The van der Waals surface area contributed by atoms with Crippen LogP contribution in [0.1, 0.15) is 24.0 Å². The van der Waals surface area contributed by atoms with Gasteiger partial charge < -0.3 is 5.32 Å². The van der Waals surface area contributed by atoms with Crippen molar-refractivity contribution in [1.82, 2.24) is 10.3 Å². The van der Waals surface area contributed by atoms with Crippen molar-refractivity contribution in [2.75, 3.05) is 0 Å². The Labute approximate surface area is 118 Å². The lowest BCUT2D eigenvalue weighted by Crippen LogP contribution is -2.15. The van der Waals surface area contributed by atoms with E-state index in [1.807, 2.05) is 24.5 Å². The SMILES string of the molecule is Cc1ccncc1-c1ccc(Cl)c(CNC2CC2)c1. The van der Waals surface area contributed by atoms with Crippen molar-refractivity contribution in [3.8, 4) is 11.1 Å². The molecule has 1 aliphatic carbocycles. The van der Waals surface area contributed by atoms with E-state index in [4.69, 9.17) is 11.6 Å². The van der Waals surface area contributed by atoms with Crippen LogP contribution in [0.5, 0.6) is 0 Å². The summed E-state index contributed by atoms with van der Waals surface area (Å²) in [5, 5.41) is 4.34. The normalized spacial score (nSPS) is 14.6. The Balaban J connectivity index is 1.89. The van der Waals surface area contributed by atoms with Crippen LogP contribution in [0.25, 0.3) is 11.1 Å². The van der Waals surface area contributed by atoms with Crippen molar-refractivity contribution in [2.45, 2.75) is 32.4 Å². The number of nitrogens with one attached hydrogen (secondary N) is 1. The van der Waals surface area contributed by atoms with Crippen molar-refractivity contribution >= 4 is 11.6 Å². The van der Waals surface area contributed by atoms with Gasteiger partial charge in [0.05, 0.1) is 0 Å². The number of hydrogen-bond acceptors (Lipinski definition) is 2. The maximum absolute atomic E-state index is 6.27. The molecule has 1 aromatic heterocycles. The molecule has 2 aromatic rings. The molecule has 0 bridgehead atoms. The molecule has 19 heavy (non-hydrogen) atoms. The number of aryl methyl sites for hydroxylation is 1. The molecular formula is C16H17ClN2. The summed E-state index contributed by atoms with van der Waals surface area (Å²) in [6.07, 6.45) is 6.32. The van der Waals surface area contributed by atoms with Crippen molar-refractivity contribution in [3.63, 3.8) is 0 Å². The molecule has 0 unspecified atom stereocenters. The molecule has 2 nitrogen and oxygen atoms in total. The van der Waals surface area contributed by atoms with Gasteiger partial charge in [0.25, 0.3) is 0 Å². The Morgan fingerprint density at radius 3 is 2.89 bits per heavy atom. The zero-order chi connectivity index (χ0) is 13.2. The molecule has 3 heteroatoms. The minimum Gasteiger partial charge on any atom is -0.310 e. The topological polar surface area (TPSA) is 24.9 Å². The van der Waals surface area contributed by atoms with Gasteiger partial charge in [-0.05, 0) is 54.7 Å². The standard InChI is InChI=1S/C16H17ClN2/c1-11-6-7-18-10-15(11)12-2-5-16(17)13(8-12)9-19-14-3-4-14/h2,5-8,10,14,19H,3-4,9H2,1H3. The quantitative estimate of drug-likeness (QED) is 0.911. The summed E-state index contributed by atoms with van der Waals surface area (Å²) in [6.45, 7) is 2.95. The van der Waals surface area contributed by atoms with Crippen LogP contribution in [0, 0.1) is 6.92 Å². The van der Waals surface area contributed by atoms with E-state index in [9.17, 15) is 0 Å². The molecule has 1 aliphatic rings. The number of halogens is 1. The van der Waals surface area contributed by atoms with E-state index in [2.05, 4.69) is 29.4 Å². The number of nitrogens with zero attached hydrogens (tertiary/aromatic N) is 1. The van der Waals surface area contributed by atoms with E-state index in [1.165, 1.54) is 29.5 Å². The Morgan fingerprint density at radius 2 is 2.16 bits per heavy atom. The first-order chi connectivity index (χ1) is 9.24. The van der Waals surface area contributed by atoms with Gasteiger partial charge in [-0.15, -0.1) is 0 Å². The first kappa shape index (κ1) is 12.6. The van der Waals surface area contributed by atoms with E-state index in [-0.39, 0.29) is 0 Å². The van der Waals surface area contributed by atoms with Crippen LogP contribution in [-0.4, -0.2) is 11.0 Å². The number of hydrogen-bond donors (Lipinski definition) is 1. The van der Waals surface area contributed by atoms with Crippen LogP contribution < -0.4 is 5.32 Å². The summed E-state index contributed by atoms with van der Waals surface area (Å²) >= 11 is 6.27. The van der Waals surface area contributed by atoms with Crippen molar-refractivity contribution in [2.24, 2.45) is 0 Å². The lowest BCUT2D eigenvalue weighted by Gasteiger charge is -2.10. The molecule has 98 valence electrons. The number of aromatic nitrogens is 1. The van der Waals surface area contributed by atoms with E-state index in [1.54, 1.807) is 0 Å². The highest BCUT2D eigenvalue weighted by molar-refractivity contribution is 6.31. The third kappa shape index (κ3) is 2.96. The molecular weight excluding hydrogens is 256 g/mol. The van der Waals surface area contributed by atoms with Crippen LogP contribution in [-0.2, 0) is 6.54 Å². The summed E-state index contributed by atoms with van der Waals surface area (Å²) in [7, 11) is 0. The summed E-state index contributed by atoms with van der Waals surface area (Å²) < 4.78 is 0. The molecule has 0 radical (unpaired) electrons. The molecule has 1 N–H and O–H groups in total. The van der Waals surface area contributed by atoms with Crippen LogP contribution >= 0.6 is 11.6 Å². The Bertz CT molecular complexity index is 591. The van der Waals surface area contributed by atoms with Gasteiger partial charge in [0, 0.05) is 35.6 Å². The number of benzene rings is 1. The maximum atomic E-state index is 6.27. The van der Waals surface area contributed by atoms with Gasteiger partial charge in [-0.2, -0.15) is 0 Å². The van der Waals surface area contributed by atoms with Crippen molar-refractivity contribution in [1.29, 1.82) is 0 Å². The monoisotopic (exact) mass is 272 g/mol. The largest absolute Gasteiger partial charge is 0.310 e. The van der Waals surface area contributed by atoms with Gasteiger partial charge in [0.1, 0.15) is 0 Å². The summed E-state index contributed by atoms with van der Waals surface area (Å²) in [5.74, 6) is 0.